The van der Waals surface area contributed by atoms with Crippen molar-refractivity contribution in [3.05, 3.63) is 79.9 Å². The number of hydrogen-bond acceptors (Lipinski definition) is 6. The van der Waals surface area contributed by atoms with Crippen LogP contribution in [0.4, 0.5) is 11.4 Å². The maximum Gasteiger partial charge on any atom is 0.271 e. The van der Waals surface area contributed by atoms with Gasteiger partial charge in [-0.15, -0.1) is 0 Å². The Bertz CT molecular complexity index is 830. The maximum absolute atomic E-state index is 11.9. The number of benzene rings is 2. The molecule has 0 heterocycles. The predicted molar refractivity (Wildman–Crippen MR) is 85.9 cm³/mol. The van der Waals surface area contributed by atoms with Gasteiger partial charge in [-0.2, -0.15) is 5.10 Å². The molecule has 0 spiro atoms. The lowest BCUT2D eigenvalue weighted by atomic mass is 10.1. The van der Waals surface area contributed by atoms with Gasteiger partial charge in [-0.3, -0.25) is 25.0 Å². The molecule has 0 atom stereocenters. The van der Waals surface area contributed by atoms with Gasteiger partial charge in [-0.05, 0) is 19.1 Å². The summed E-state index contributed by atoms with van der Waals surface area (Å²) in [5, 5.41) is 25.2. The van der Waals surface area contributed by atoms with E-state index in [9.17, 15) is 25.0 Å². The average Bonchev–Trinajstić information content (AvgIpc) is 2.59. The Kier molecular flexibility index (Phi) is 4.95. The first-order chi connectivity index (χ1) is 11.4. The molecule has 0 unspecified atom stereocenters. The Hall–Kier alpha value is -3.62. The van der Waals surface area contributed by atoms with E-state index in [-0.39, 0.29) is 16.9 Å². The highest BCUT2D eigenvalue weighted by molar-refractivity contribution is 6.01. The molecule has 2 aromatic rings. The Labute approximate surface area is 135 Å². The monoisotopic (exact) mass is 328 g/mol. The second-order valence-electron chi connectivity index (χ2n) is 4.75. The summed E-state index contributed by atoms with van der Waals surface area (Å²) < 4.78 is 0. The number of rotatable bonds is 5. The predicted octanol–water partition coefficient (Wildman–Crippen LogP) is 2.66. The number of nitrogens with one attached hydrogen (secondary N) is 1. The van der Waals surface area contributed by atoms with Crippen LogP contribution in [0.25, 0.3) is 0 Å². The van der Waals surface area contributed by atoms with Crippen LogP contribution in [0.15, 0.2) is 53.6 Å². The van der Waals surface area contributed by atoms with Crippen LogP contribution in [-0.2, 0) is 0 Å². The van der Waals surface area contributed by atoms with Gasteiger partial charge in [0, 0.05) is 35.4 Å². The minimum atomic E-state index is -0.563. The molecule has 24 heavy (non-hydrogen) atoms. The number of nitrogens with zero attached hydrogens (tertiary/aromatic N) is 3. The molecule has 0 saturated heterocycles. The van der Waals surface area contributed by atoms with Crippen molar-refractivity contribution in [3.63, 3.8) is 0 Å². The van der Waals surface area contributed by atoms with Gasteiger partial charge in [0.1, 0.15) is 0 Å². The summed E-state index contributed by atoms with van der Waals surface area (Å²) in [4.78, 5) is 32.2. The third-order valence-electron chi connectivity index (χ3n) is 3.14. The number of carbonyl (C=O) groups is 1. The molecule has 0 aliphatic heterocycles. The fourth-order valence-electron chi connectivity index (χ4n) is 1.84. The van der Waals surface area contributed by atoms with E-state index in [4.69, 9.17) is 0 Å². The highest BCUT2D eigenvalue weighted by Crippen LogP contribution is 2.14. The van der Waals surface area contributed by atoms with E-state index in [2.05, 4.69) is 10.5 Å². The number of non-ortho nitro benzene ring substituents is 2. The standard InChI is InChI=1S/C15H12N4O5/c1-10(12-3-2-4-14(9-12)19(23)24)16-17-15(20)11-5-7-13(8-6-11)18(21)22/h2-9H,1H3,(H,17,20)/b16-10-. The Morgan fingerprint density at radius 2 is 1.58 bits per heavy atom. The van der Waals surface area contributed by atoms with E-state index in [1.807, 2.05) is 0 Å². The van der Waals surface area contributed by atoms with Crippen molar-refractivity contribution in [2.24, 2.45) is 5.10 Å². The lowest BCUT2D eigenvalue weighted by molar-refractivity contribution is -0.385. The summed E-state index contributed by atoms with van der Waals surface area (Å²) in [7, 11) is 0. The van der Waals surface area contributed by atoms with E-state index in [0.717, 1.165) is 0 Å². The average molecular weight is 328 g/mol. The summed E-state index contributed by atoms with van der Waals surface area (Å²) >= 11 is 0. The van der Waals surface area contributed by atoms with Crippen molar-refractivity contribution in [3.8, 4) is 0 Å². The first-order valence-corrected chi connectivity index (χ1v) is 6.72. The molecule has 2 rings (SSSR count). The van der Waals surface area contributed by atoms with Crippen LogP contribution >= 0.6 is 0 Å². The van der Waals surface area contributed by atoms with Gasteiger partial charge in [0.05, 0.1) is 15.6 Å². The van der Waals surface area contributed by atoms with Crippen molar-refractivity contribution in [1.82, 2.24) is 5.43 Å². The second-order valence-corrected chi connectivity index (χ2v) is 4.75. The molecule has 0 aromatic heterocycles. The molecular formula is C15H12N4O5. The highest BCUT2D eigenvalue weighted by Gasteiger charge is 2.10. The quantitative estimate of drug-likeness (QED) is 0.512. The molecule has 9 nitrogen and oxygen atoms in total. The number of carbonyl (C=O) groups excluding carboxylic acids is 1. The first kappa shape index (κ1) is 16.7. The lowest BCUT2D eigenvalue weighted by Crippen LogP contribution is -2.19. The van der Waals surface area contributed by atoms with E-state index in [0.29, 0.717) is 11.3 Å². The van der Waals surface area contributed by atoms with Gasteiger partial charge in [-0.1, -0.05) is 12.1 Å². The molecule has 1 N–H and O–H groups in total. The fourth-order valence-corrected chi connectivity index (χ4v) is 1.84. The Morgan fingerprint density at radius 1 is 0.958 bits per heavy atom. The zero-order valence-corrected chi connectivity index (χ0v) is 12.5. The summed E-state index contributed by atoms with van der Waals surface area (Å²) in [6.07, 6.45) is 0. The van der Waals surface area contributed by atoms with E-state index in [1.165, 1.54) is 42.5 Å². The van der Waals surface area contributed by atoms with Crippen molar-refractivity contribution in [1.29, 1.82) is 0 Å². The molecule has 0 bridgehead atoms. The number of hydrazone groups is 1. The maximum atomic E-state index is 11.9. The zero-order chi connectivity index (χ0) is 17.7. The van der Waals surface area contributed by atoms with Gasteiger partial charge in [-0.25, -0.2) is 5.43 Å². The Balaban J connectivity index is 2.11. The van der Waals surface area contributed by atoms with Crippen LogP contribution in [0, 0.1) is 20.2 Å². The smallest absolute Gasteiger partial charge is 0.267 e. The zero-order valence-electron chi connectivity index (χ0n) is 12.5. The third-order valence-corrected chi connectivity index (χ3v) is 3.14. The van der Waals surface area contributed by atoms with Gasteiger partial charge in [0.15, 0.2) is 0 Å². The van der Waals surface area contributed by atoms with Gasteiger partial charge in [0.2, 0.25) is 0 Å². The van der Waals surface area contributed by atoms with Crippen LogP contribution in [0.3, 0.4) is 0 Å². The molecule has 1 amide bonds. The summed E-state index contributed by atoms with van der Waals surface area (Å²) in [6.45, 7) is 1.59. The molecule has 0 saturated carbocycles. The summed E-state index contributed by atoms with van der Waals surface area (Å²) in [5.41, 5.74) is 3.18. The van der Waals surface area contributed by atoms with Crippen LogP contribution in [-0.4, -0.2) is 21.5 Å². The topological polar surface area (TPSA) is 128 Å². The Morgan fingerprint density at radius 3 is 2.17 bits per heavy atom. The molecule has 0 aliphatic rings. The van der Waals surface area contributed by atoms with Gasteiger partial charge in [0.25, 0.3) is 17.3 Å². The van der Waals surface area contributed by atoms with Crippen molar-refractivity contribution in [2.75, 3.05) is 0 Å². The molecule has 0 radical (unpaired) electrons. The number of nitro groups is 2. The normalized spacial score (nSPS) is 11.0. The van der Waals surface area contributed by atoms with Crippen molar-refractivity contribution < 1.29 is 14.6 Å². The van der Waals surface area contributed by atoms with E-state index in [1.54, 1.807) is 13.0 Å². The lowest BCUT2D eigenvalue weighted by Gasteiger charge is -2.03. The number of amides is 1. The summed E-state index contributed by atoms with van der Waals surface area (Å²) in [6, 6.07) is 10.9. The van der Waals surface area contributed by atoms with Crippen LogP contribution < -0.4 is 5.43 Å². The molecule has 0 aliphatic carbocycles. The van der Waals surface area contributed by atoms with Crippen LogP contribution in [0.2, 0.25) is 0 Å². The van der Waals surface area contributed by atoms with Crippen LogP contribution in [0.5, 0.6) is 0 Å². The molecular weight excluding hydrogens is 316 g/mol. The molecule has 122 valence electrons. The second kappa shape index (κ2) is 7.09. The molecule has 0 fully saturated rings. The molecule has 9 heteroatoms. The minimum absolute atomic E-state index is 0.0799. The number of hydrogen-bond donors (Lipinski definition) is 1. The fraction of sp³-hybridized carbons (Fsp3) is 0.0667. The number of nitro benzene ring substituents is 2. The minimum Gasteiger partial charge on any atom is -0.267 e. The van der Waals surface area contributed by atoms with E-state index >= 15 is 0 Å². The molecule has 2 aromatic carbocycles. The van der Waals surface area contributed by atoms with Crippen molar-refractivity contribution in [2.45, 2.75) is 6.92 Å². The van der Waals surface area contributed by atoms with Crippen molar-refractivity contribution >= 4 is 23.0 Å². The van der Waals surface area contributed by atoms with E-state index < -0.39 is 15.8 Å². The largest absolute Gasteiger partial charge is 0.271 e. The van der Waals surface area contributed by atoms with Crippen LogP contribution in [0.1, 0.15) is 22.8 Å². The SMILES string of the molecule is C/C(=N/NC(=O)c1ccc([N+](=O)[O-])cc1)c1cccc([N+](=O)[O-])c1. The third kappa shape index (κ3) is 3.97. The van der Waals surface area contributed by atoms with Gasteiger partial charge < -0.3 is 0 Å². The highest BCUT2D eigenvalue weighted by atomic mass is 16.6. The first-order valence-electron chi connectivity index (χ1n) is 6.72. The summed E-state index contributed by atoms with van der Waals surface area (Å²) in [5.74, 6) is -0.547. The van der Waals surface area contributed by atoms with Gasteiger partial charge >= 0.3 is 0 Å².